The average Bonchev–Trinajstić information content (AvgIpc) is 2.53. The highest BCUT2D eigenvalue weighted by molar-refractivity contribution is 5.96. The van der Waals surface area contributed by atoms with Crippen molar-refractivity contribution in [2.45, 2.75) is 12.7 Å². The Hall–Kier alpha value is -3.03. The first-order valence-electron chi connectivity index (χ1n) is 6.80. The van der Waals surface area contributed by atoms with Crippen molar-refractivity contribution >= 4 is 17.5 Å². The van der Waals surface area contributed by atoms with Gasteiger partial charge in [-0.15, -0.1) is 0 Å². The van der Waals surface area contributed by atoms with E-state index in [-0.39, 0.29) is 23.5 Å². The van der Waals surface area contributed by atoms with Gasteiger partial charge in [0.25, 0.3) is 5.91 Å². The van der Waals surface area contributed by atoms with Gasteiger partial charge in [0.05, 0.1) is 5.56 Å². The fraction of sp³-hybridized carbons (Fsp3) is 0.125. The van der Waals surface area contributed by atoms with Crippen molar-refractivity contribution in [1.82, 2.24) is 5.32 Å². The van der Waals surface area contributed by atoms with Crippen molar-refractivity contribution in [3.63, 3.8) is 0 Å². The Morgan fingerprint density at radius 1 is 1.00 bits per heavy atom. The molecule has 0 aliphatic heterocycles. The van der Waals surface area contributed by atoms with E-state index in [1.807, 2.05) is 0 Å². The van der Waals surface area contributed by atoms with Crippen LogP contribution >= 0.6 is 0 Å². The summed E-state index contributed by atoms with van der Waals surface area (Å²) in [5.74, 6) is -2.69. The zero-order chi connectivity index (χ0) is 17.7. The maximum Gasteiger partial charge on any atom is 0.471 e. The van der Waals surface area contributed by atoms with Crippen molar-refractivity contribution in [3.8, 4) is 5.75 Å². The van der Waals surface area contributed by atoms with E-state index in [1.54, 1.807) is 17.4 Å². The zero-order valence-electron chi connectivity index (χ0n) is 12.2. The molecule has 2 rings (SSSR count). The third kappa shape index (κ3) is 4.48. The van der Waals surface area contributed by atoms with Crippen LogP contribution in [-0.2, 0) is 11.3 Å². The van der Waals surface area contributed by atoms with Gasteiger partial charge in [-0.3, -0.25) is 9.59 Å². The summed E-state index contributed by atoms with van der Waals surface area (Å²) in [6.45, 7) is 0.112. The number of rotatable bonds is 4. The number of amides is 2. The number of hydrogen-bond acceptors (Lipinski definition) is 3. The van der Waals surface area contributed by atoms with E-state index in [0.29, 0.717) is 5.56 Å². The normalized spacial score (nSPS) is 11.0. The molecule has 2 amide bonds. The van der Waals surface area contributed by atoms with Crippen LogP contribution in [0.1, 0.15) is 15.9 Å². The van der Waals surface area contributed by atoms with Crippen LogP contribution in [0.15, 0.2) is 48.5 Å². The molecule has 0 saturated heterocycles. The number of phenolic OH excluding ortho intramolecular Hbond substituents is 1. The van der Waals surface area contributed by atoms with Crippen molar-refractivity contribution in [2.24, 2.45) is 0 Å². The summed E-state index contributed by atoms with van der Waals surface area (Å²) in [5, 5.41) is 13.9. The van der Waals surface area contributed by atoms with Gasteiger partial charge in [-0.05, 0) is 29.8 Å². The number of benzene rings is 2. The van der Waals surface area contributed by atoms with Gasteiger partial charge in [0.2, 0.25) is 0 Å². The average molecular weight is 338 g/mol. The number of hydrogen-bond donors (Lipinski definition) is 3. The molecule has 126 valence electrons. The van der Waals surface area contributed by atoms with Crippen LogP contribution in [0.2, 0.25) is 0 Å². The first-order valence-corrected chi connectivity index (χ1v) is 6.80. The van der Waals surface area contributed by atoms with Gasteiger partial charge >= 0.3 is 12.1 Å². The van der Waals surface area contributed by atoms with E-state index in [9.17, 15) is 27.9 Å². The third-order valence-corrected chi connectivity index (χ3v) is 3.07. The summed E-state index contributed by atoms with van der Waals surface area (Å²) in [4.78, 5) is 22.7. The summed E-state index contributed by atoms with van der Waals surface area (Å²) in [6.07, 6.45) is -4.95. The number of phenols is 1. The van der Waals surface area contributed by atoms with Crippen LogP contribution in [0.25, 0.3) is 0 Å². The fourth-order valence-electron chi connectivity index (χ4n) is 1.85. The molecule has 0 fully saturated rings. The van der Waals surface area contributed by atoms with Crippen molar-refractivity contribution in [2.75, 3.05) is 5.32 Å². The molecule has 0 aromatic heterocycles. The van der Waals surface area contributed by atoms with Crippen LogP contribution in [0.4, 0.5) is 18.9 Å². The molecule has 24 heavy (non-hydrogen) atoms. The molecule has 0 unspecified atom stereocenters. The topological polar surface area (TPSA) is 78.4 Å². The molecule has 0 saturated carbocycles. The summed E-state index contributed by atoms with van der Waals surface area (Å²) < 4.78 is 36.4. The summed E-state index contributed by atoms with van der Waals surface area (Å²) in [5.41, 5.74) is 0.725. The molecule has 0 aliphatic carbocycles. The lowest BCUT2D eigenvalue weighted by molar-refractivity contribution is -0.167. The largest absolute Gasteiger partial charge is 0.507 e. The first-order chi connectivity index (χ1) is 11.3. The van der Waals surface area contributed by atoms with Gasteiger partial charge in [0.1, 0.15) is 5.75 Å². The number of halogens is 3. The minimum atomic E-state index is -4.95. The molecule has 0 heterocycles. The zero-order valence-corrected chi connectivity index (χ0v) is 12.2. The molecular formula is C16H13F3N2O3. The van der Waals surface area contributed by atoms with E-state index in [2.05, 4.69) is 5.32 Å². The van der Waals surface area contributed by atoms with Crippen molar-refractivity contribution in [3.05, 3.63) is 59.7 Å². The number of anilines is 1. The number of para-hydroxylation sites is 1. The number of carbonyl (C=O) groups excluding carboxylic acids is 2. The standard InChI is InChI=1S/C16H13F3N2O3/c17-16(18,19)15(24)21-11-7-5-10(6-8-11)9-20-14(23)12-3-1-2-4-13(12)22/h1-8,22H,9H2,(H,20,23)(H,21,24). The molecule has 8 heteroatoms. The predicted octanol–water partition coefficient (Wildman–Crippen LogP) is 2.82. The second-order valence-corrected chi connectivity index (χ2v) is 4.85. The monoisotopic (exact) mass is 338 g/mol. The maximum absolute atomic E-state index is 12.1. The van der Waals surface area contributed by atoms with E-state index in [1.165, 1.54) is 36.4 Å². The minimum absolute atomic E-state index is 0.00638. The van der Waals surface area contributed by atoms with Crippen LogP contribution in [-0.4, -0.2) is 23.1 Å². The van der Waals surface area contributed by atoms with Crippen LogP contribution < -0.4 is 10.6 Å². The summed E-state index contributed by atoms with van der Waals surface area (Å²) in [7, 11) is 0. The Bertz CT molecular complexity index is 743. The number of aromatic hydroxyl groups is 1. The molecule has 0 aliphatic rings. The molecule has 2 aromatic rings. The van der Waals surface area contributed by atoms with Gasteiger partial charge in [-0.2, -0.15) is 13.2 Å². The van der Waals surface area contributed by atoms with Gasteiger partial charge in [0.15, 0.2) is 0 Å². The molecule has 0 atom stereocenters. The number of nitrogens with one attached hydrogen (secondary N) is 2. The second kappa shape index (κ2) is 7.03. The van der Waals surface area contributed by atoms with Crippen molar-refractivity contribution in [1.29, 1.82) is 0 Å². The van der Waals surface area contributed by atoms with Crippen LogP contribution in [0.3, 0.4) is 0 Å². The molecule has 3 N–H and O–H groups in total. The smallest absolute Gasteiger partial charge is 0.471 e. The molecule has 0 spiro atoms. The molecule has 5 nitrogen and oxygen atoms in total. The Morgan fingerprint density at radius 2 is 1.62 bits per heavy atom. The Labute approximate surface area is 135 Å². The maximum atomic E-state index is 12.1. The van der Waals surface area contributed by atoms with Crippen LogP contribution in [0, 0.1) is 0 Å². The quantitative estimate of drug-likeness (QED) is 0.802. The van der Waals surface area contributed by atoms with E-state index < -0.39 is 18.0 Å². The highest BCUT2D eigenvalue weighted by Gasteiger charge is 2.38. The van der Waals surface area contributed by atoms with Gasteiger partial charge in [0, 0.05) is 12.2 Å². The lowest BCUT2D eigenvalue weighted by Gasteiger charge is -2.09. The van der Waals surface area contributed by atoms with Crippen LogP contribution in [0.5, 0.6) is 5.75 Å². The Morgan fingerprint density at radius 3 is 2.21 bits per heavy atom. The van der Waals surface area contributed by atoms with E-state index >= 15 is 0 Å². The molecular weight excluding hydrogens is 325 g/mol. The lowest BCUT2D eigenvalue weighted by Crippen LogP contribution is -2.29. The summed E-state index contributed by atoms with van der Waals surface area (Å²) >= 11 is 0. The van der Waals surface area contributed by atoms with Gasteiger partial charge in [-0.25, -0.2) is 0 Å². The van der Waals surface area contributed by atoms with Gasteiger partial charge in [-0.1, -0.05) is 24.3 Å². The highest BCUT2D eigenvalue weighted by Crippen LogP contribution is 2.19. The van der Waals surface area contributed by atoms with Crippen molar-refractivity contribution < 1.29 is 27.9 Å². The summed E-state index contributed by atoms with van der Waals surface area (Å²) in [6, 6.07) is 11.6. The SMILES string of the molecule is O=C(NCc1ccc(NC(=O)C(F)(F)F)cc1)c1ccccc1O. The number of carbonyl (C=O) groups is 2. The third-order valence-electron chi connectivity index (χ3n) is 3.07. The predicted molar refractivity (Wildman–Crippen MR) is 80.4 cm³/mol. The highest BCUT2D eigenvalue weighted by atomic mass is 19.4. The lowest BCUT2D eigenvalue weighted by atomic mass is 10.1. The minimum Gasteiger partial charge on any atom is -0.507 e. The second-order valence-electron chi connectivity index (χ2n) is 4.85. The molecule has 0 bridgehead atoms. The first kappa shape index (κ1) is 17.3. The van der Waals surface area contributed by atoms with E-state index in [4.69, 9.17) is 0 Å². The Kier molecular flexibility index (Phi) is 5.08. The molecule has 0 radical (unpaired) electrons. The van der Waals surface area contributed by atoms with Gasteiger partial charge < -0.3 is 15.7 Å². The molecule has 2 aromatic carbocycles. The fourth-order valence-corrected chi connectivity index (χ4v) is 1.85. The Balaban J connectivity index is 1.94. The number of alkyl halides is 3. The van der Waals surface area contributed by atoms with E-state index in [0.717, 1.165) is 0 Å².